The van der Waals surface area contributed by atoms with Gasteiger partial charge in [-0.2, -0.15) is 0 Å². The van der Waals surface area contributed by atoms with Crippen LogP contribution in [-0.2, 0) is 85.9 Å². The molecule has 0 fully saturated rings. The standard InChI is InChI=1S/C68H126N10O23/c1-6-55(85)24-13-11-9-7-8-10-12-14-28-64(92)78-68(48-95-41-29-61(89)72-35-21-32-69-58(86)25-15-18-38-98-65(93)44-75-52(3)82,49-96-42-30-62(90)73-36-22-33-70-59(87)26-16-19-39-99-66(94)45-76-53(4)83)50-97-43-31-63(91)74-37-23-34-71-60(88)27-17-20-40-100-67(56(46-79)77-54(5)84)101-57(47-80)51(2)81/h51,56-57,65-67,79-81,93-94H,6-50H2,1-5H3,(H,69,86)(H,70,87)(H,71,88)(H,72,89)(H,73,90)(H,74,91)(H,75,82)(H,76,83)(H,77,84)(H,78,92)/t51-,56-,57?,65-,66-,67?/m0/s1. The van der Waals surface area contributed by atoms with Crippen LogP contribution in [0.5, 0.6) is 0 Å². The van der Waals surface area contributed by atoms with Gasteiger partial charge in [-0.25, -0.2) is 0 Å². The third kappa shape index (κ3) is 59.0. The summed E-state index contributed by atoms with van der Waals surface area (Å²) in [5.74, 6) is -2.67. The minimum absolute atomic E-state index is 0.0343. The van der Waals surface area contributed by atoms with Gasteiger partial charge in [0.25, 0.3) is 0 Å². The van der Waals surface area contributed by atoms with Crippen LogP contribution in [0.3, 0.4) is 0 Å². The van der Waals surface area contributed by atoms with Crippen molar-refractivity contribution >= 4 is 64.9 Å². The predicted molar refractivity (Wildman–Crippen MR) is 371 cm³/mol. The molecule has 0 heterocycles. The molecule has 0 bridgehead atoms. The molecule has 0 aliphatic carbocycles. The van der Waals surface area contributed by atoms with Gasteiger partial charge >= 0.3 is 0 Å². The number of carbonyl (C=O) groups excluding carboxylic acids is 11. The van der Waals surface area contributed by atoms with E-state index in [0.717, 1.165) is 44.9 Å². The Balaban J connectivity index is 5.72. The molecule has 10 amide bonds. The van der Waals surface area contributed by atoms with Crippen LogP contribution in [-0.4, -0.2) is 258 Å². The summed E-state index contributed by atoms with van der Waals surface area (Å²) in [5.41, 5.74) is -1.36. The predicted octanol–water partition coefficient (Wildman–Crippen LogP) is -0.140. The fourth-order valence-corrected chi connectivity index (χ4v) is 9.47. The van der Waals surface area contributed by atoms with Gasteiger partial charge in [0.15, 0.2) is 18.9 Å². The van der Waals surface area contributed by atoms with E-state index in [4.69, 9.17) is 33.2 Å². The molecule has 2 unspecified atom stereocenters. The normalized spacial score (nSPS) is 13.1. The molecule has 15 N–H and O–H groups in total. The van der Waals surface area contributed by atoms with Crippen molar-refractivity contribution in [1.29, 1.82) is 0 Å². The number of hydrogen-bond acceptors (Lipinski definition) is 23. The van der Waals surface area contributed by atoms with Gasteiger partial charge in [0.05, 0.1) is 72.0 Å². The van der Waals surface area contributed by atoms with Crippen LogP contribution in [0.2, 0.25) is 0 Å². The lowest BCUT2D eigenvalue weighted by molar-refractivity contribution is -0.214. The highest BCUT2D eigenvalue weighted by molar-refractivity contribution is 5.79. The van der Waals surface area contributed by atoms with Gasteiger partial charge in [-0.05, 0) is 77.6 Å². The maximum absolute atomic E-state index is 13.8. The fourth-order valence-electron chi connectivity index (χ4n) is 9.47. The van der Waals surface area contributed by atoms with Crippen LogP contribution in [0.1, 0.15) is 202 Å². The number of unbranched alkanes of at least 4 members (excludes halogenated alkanes) is 10. The second kappa shape index (κ2) is 63.6. The van der Waals surface area contributed by atoms with Crippen LogP contribution in [0.25, 0.3) is 0 Å². The van der Waals surface area contributed by atoms with Gasteiger partial charge in [0, 0.05) is 138 Å². The Morgan fingerprint density at radius 1 is 0.376 bits per heavy atom. The lowest BCUT2D eigenvalue weighted by Gasteiger charge is -2.34. The van der Waals surface area contributed by atoms with E-state index in [9.17, 15) is 78.3 Å². The summed E-state index contributed by atoms with van der Waals surface area (Å²) < 4.78 is 40.1. The molecule has 33 heteroatoms. The molecule has 33 nitrogen and oxygen atoms in total. The number of aliphatic hydroxyl groups is 5. The molecule has 101 heavy (non-hydrogen) atoms. The molecule has 0 spiro atoms. The lowest BCUT2D eigenvalue weighted by atomic mass is 10.0. The van der Waals surface area contributed by atoms with Crippen molar-refractivity contribution in [3.05, 3.63) is 0 Å². The monoisotopic (exact) mass is 1450 g/mol. The molecule has 0 radical (unpaired) electrons. The third-order valence-corrected chi connectivity index (χ3v) is 15.2. The Morgan fingerprint density at radius 2 is 0.713 bits per heavy atom. The molecule has 0 aromatic heterocycles. The first-order chi connectivity index (χ1) is 48.4. The molecule has 0 rings (SSSR count). The number of rotatable bonds is 69. The summed E-state index contributed by atoms with van der Waals surface area (Å²) in [4.78, 5) is 135. The van der Waals surface area contributed by atoms with Crippen molar-refractivity contribution in [2.24, 2.45) is 0 Å². The quantitative estimate of drug-likeness (QED) is 0.0278. The van der Waals surface area contributed by atoms with E-state index >= 15 is 0 Å². The van der Waals surface area contributed by atoms with Crippen molar-refractivity contribution in [3.63, 3.8) is 0 Å². The van der Waals surface area contributed by atoms with Crippen LogP contribution in [0.15, 0.2) is 0 Å². The molecule has 0 saturated carbocycles. The van der Waals surface area contributed by atoms with Crippen LogP contribution in [0, 0.1) is 0 Å². The highest BCUT2D eigenvalue weighted by Crippen LogP contribution is 2.16. The zero-order valence-electron chi connectivity index (χ0n) is 60.9. The zero-order chi connectivity index (χ0) is 75.2. The summed E-state index contributed by atoms with van der Waals surface area (Å²) >= 11 is 0. The number of nitrogens with one attached hydrogen (secondary N) is 10. The van der Waals surface area contributed by atoms with Gasteiger partial charge in [-0.3, -0.25) is 52.7 Å². The third-order valence-electron chi connectivity index (χ3n) is 15.2. The molecule has 0 saturated heterocycles. The van der Waals surface area contributed by atoms with Crippen LogP contribution in [0.4, 0.5) is 0 Å². The lowest BCUT2D eigenvalue weighted by Crippen LogP contribution is -2.58. The van der Waals surface area contributed by atoms with Gasteiger partial charge in [-0.15, -0.1) is 0 Å². The maximum atomic E-state index is 13.8. The topological polar surface area (TPSA) is 474 Å². The molecule has 586 valence electrons. The highest BCUT2D eigenvalue weighted by atomic mass is 16.7. The van der Waals surface area contributed by atoms with E-state index in [1.807, 2.05) is 6.92 Å². The number of ether oxygens (including phenoxy) is 7. The van der Waals surface area contributed by atoms with E-state index < -0.39 is 61.8 Å². The fraction of sp³-hybridized carbons (Fsp3) is 0.838. The first kappa shape index (κ1) is 94.9. The number of aliphatic hydroxyl groups excluding tert-OH is 5. The van der Waals surface area contributed by atoms with Crippen LogP contribution < -0.4 is 53.2 Å². The summed E-state index contributed by atoms with van der Waals surface area (Å²) in [7, 11) is 0. The van der Waals surface area contributed by atoms with Gasteiger partial charge in [0.1, 0.15) is 23.5 Å². The average Bonchev–Trinajstić information content (AvgIpc) is 0.862. The Morgan fingerprint density at radius 3 is 1.05 bits per heavy atom. The number of ketones is 1. The van der Waals surface area contributed by atoms with Crippen molar-refractivity contribution in [2.45, 2.75) is 244 Å². The highest BCUT2D eigenvalue weighted by Gasteiger charge is 2.34. The number of amides is 10. The average molecular weight is 1450 g/mol. The summed E-state index contributed by atoms with van der Waals surface area (Å²) in [6.45, 7) is 7.40. The summed E-state index contributed by atoms with van der Waals surface area (Å²) in [5, 5.41) is 76.2. The molecule has 6 atom stereocenters. The summed E-state index contributed by atoms with van der Waals surface area (Å²) in [6.07, 6.45) is 7.59. The van der Waals surface area contributed by atoms with Crippen molar-refractivity contribution in [2.75, 3.05) is 125 Å². The van der Waals surface area contributed by atoms with Crippen molar-refractivity contribution < 1.29 is 111 Å². The van der Waals surface area contributed by atoms with Gasteiger partial charge < -0.3 is 112 Å². The minimum atomic E-state index is -1.36. The second-order valence-corrected chi connectivity index (χ2v) is 24.8. The number of carbonyl (C=O) groups is 11. The maximum Gasteiger partial charge on any atom is 0.222 e. The van der Waals surface area contributed by atoms with E-state index in [1.54, 1.807) is 0 Å². The largest absolute Gasteiger partial charge is 0.394 e. The first-order valence-corrected chi connectivity index (χ1v) is 36.1. The Bertz CT molecular complexity index is 2200. The Hall–Kier alpha value is -6.11. The minimum Gasteiger partial charge on any atom is -0.394 e. The molecular weight excluding hydrogens is 1320 g/mol. The van der Waals surface area contributed by atoms with E-state index in [0.29, 0.717) is 90.1 Å². The Labute approximate surface area is 596 Å². The molecule has 0 aliphatic rings. The Kier molecular flexibility index (Phi) is 59.7. The van der Waals surface area contributed by atoms with Crippen molar-refractivity contribution in [3.8, 4) is 0 Å². The smallest absolute Gasteiger partial charge is 0.222 e. The van der Waals surface area contributed by atoms with E-state index in [1.165, 1.54) is 27.7 Å². The van der Waals surface area contributed by atoms with E-state index in [2.05, 4.69) is 53.2 Å². The molecule has 0 aromatic carbocycles. The first-order valence-electron chi connectivity index (χ1n) is 36.1. The molecule has 0 aliphatic heterocycles. The zero-order valence-corrected chi connectivity index (χ0v) is 60.9. The molecular formula is C68H126N10O23. The second-order valence-electron chi connectivity index (χ2n) is 24.8. The van der Waals surface area contributed by atoms with Crippen LogP contribution >= 0.6 is 0 Å². The van der Waals surface area contributed by atoms with Crippen molar-refractivity contribution in [1.82, 2.24) is 53.2 Å². The van der Waals surface area contributed by atoms with Gasteiger partial charge in [-0.1, -0.05) is 45.4 Å². The molecule has 0 aromatic rings. The number of hydrogen-bond donors (Lipinski definition) is 15. The summed E-state index contributed by atoms with van der Waals surface area (Å²) in [6, 6.07) is -0.977. The van der Waals surface area contributed by atoms with Gasteiger partial charge in [0.2, 0.25) is 59.1 Å². The SMILES string of the molecule is CCC(=O)CCCCCCCCCCC(=O)NC(COCCC(=O)NCCCNC(=O)CCCCOC(OC(CO)[C@H](C)O)[C@H](CO)NC(C)=O)(COCCC(=O)NCCCNC(=O)CCCCO[C@H](O)CNC(C)=O)COCCC(=O)NCCCNC(=O)CCCCO[C@H](O)CNC(C)=O. The number of Topliss-reactive ketones (excluding diaryl/α,β-unsaturated/α-hetero) is 1. The van der Waals surface area contributed by atoms with E-state index in [-0.39, 0.29) is 203 Å².